The van der Waals surface area contributed by atoms with Crippen LogP contribution in [0.1, 0.15) is 41.8 Å². The van der Waals surface area contributed by atoms with Crippen molar-refractivity contribution in [3.05, 3.63) is 34.0 Å². The molecule has 5 nitrogen and oxygen atoms in total. The summed E-state index contributed by atoms with van der Waals surface area (Å²) in [5, 5.41) is 12.3. The van der Waals surface area contributed by atoms with Crippen LogP contribution in [0.2, 0.25) is 0 Å². The third-order valence-electron chi connectivity index (χ3n) is 3.35. The van der Waals surface area contributed by atoms with Crippen LogP contribution >= 0.6 is 11.3 Å². The van der Waals surface area contributed by atoms with Crippen molar-refractivity contribution in [2.45, 2.75) is 32.9 Å². The van der Waals surface area contributed by atoms with Gasteiger partial charge in [-0.25, -0.2) is 0 Å². The number of rotatable bonds is 2. The molecule has 0 N–H and O–H groups in total. The van der Waals surface area contributed by atoms with Gasteiger partial charge in [0.2, 0.25) is 0 Å². The molecular weight excluding hydrogens is 260 g/mol. The zero-order valence-electron chi connectivity index (χ0n) is 11.0. The van der Waals surface area contributed by atoms with Crippen molar-refractivity contribution < 1.29 is 4.79 Å². The summed E-state index contributed by atoms with van der Waals surface area (Å²) in [6.45, 7) is 6.28. The van der Waals surface area contributed by atoms with Crippen molar-refractivity contribution in [1.29, 1.82) is 0 Å². The maximum Gasteiger partial charge on any atom is 0.255 e. The minimum absolute atomic E-state index is 0.0848. The van der Waals surface area contributed by atoms with Crippen molar-refractivity contribution in [1.82, 2.24) is 19.7 Å². The van der Waals surface area contributed by atoms with Crippen molar-refractivity contribution in [2.24, 2.45) is 0 Å². The number of carbonyl (C=O) groups is 1. The lowest BCUT2D eigenvalue weighted by molar-refractivity contribution is 0.0707. The monoisotopic (exact) mass is 276 g/mol. The van der Waals surface area contributed by atoms with Crippen LogP contribution in [-0.4, -0.2) is 32.1 Å². The van der Waals surface area contributed by atoms with Crippen molar-refractivity contribution >= 4 is 17.2 Å². The van der Waals surface area contributed by atoms with E-state index in [0.29, 0.717) is 12.5 Å². The smallest absolute Gasteiger partial charge is 0.255 e. The molecule has 0 radical (unpaired) electrons. The van der Waals surface area contributed by atoms with E-state index >= 15 is 0 Å². The molecule has 6 heteroatoms. The Labute approximate surface area is 115 Å². The van der Waals surface area contributed by atoms with E-state index in [9.17, 15) is 4.79 Å². The highest BCUT2D eigenvalue weighted by atomic mass is 32.1. The van der Waals surface area contributed by atoms with Crippen LogP contribution in [0.3, 0.4) is 0 Å². The van der Waals surface area contributed by atoms with E-state index < -0.39 is 0 Å². The largest absolute Gasteiger partial charge is 0.329 e. The molecule has 0 spiro atoms. The molecule has 0 saturated heterocycles. The molecule has 0 fully saturated rings. The zero-order valence-corrected chi connectivity index (χ0v) is 11.9. The second-order valence-corrected chi connectivity index (χ2v) is 5.80. The molecule has 1 aliphatic rings. The van der Waals surface area contributed by atoms with E-state index in [1.54, 1.807) is 11.3 Å². The first-order valence-corrected chi connectivity index (χ1v) is 7.34. The highest BCUT2D eigenvalue weighted by Crippen LogP contribution is 2.20. The minimum atomic E-state index is 0.0848. The molecule has 19 heavy (non-hydrogen) atoms. The fourth-order valence-electron chi connectivity index (χ4n) is 2.35. The first kappa shape index (κ1) is 12.3. The first-order chi connectivity index (χ1) is 9.16. The Morgan fingerprint density at radius 3 is 2.89 bits per heavy atom. The molecule has 2 aromatic rings. The van der Waals surface area contributed by atoms with Gasteiger partial charge in [-0.2, -0.15) is 11.3 Å². The van der Waals surface area contributed by atoms with Gasteiger partial charge >= 0.3 is 0 Å². The van der Waals surface area contributed by atoms with E-state index in [0.717, 1.165) is 30.3 Å². The zero-order chi connectivity index (χ0) is 13.4. The molecule has 3 rings (SSSR count). The lowest BCUT2D eigenvalue weighted by atomic mass is 10.2. The van der Waals surface area contributed by atoms with Crippen LogP contribution in [0.15, 0.2) is 16.8 Å². The predicted octanol–water partition coefficient (Wildman–Crippen LogP) is 2.12. The van der Waals surface area contributed by atoms with Gasteiger partial charge in [0.25, 0.3) is 5.91 Å². The predicted molar refractivity (Wildman–Crippen MR) is 73.2 cm³/mol. The molecular formula is C13H16N4OS. The van der Waals surface area contributed by atoms with Crippen LogP contribution < -0.4 is 0 Å². The average Bonchev–Trinajstić information content (AvgIpc) is 3.06. The number of aromatic nitrogens is 3. The Morgan fingerprint density at radius 1 is 1.37 bits per heavy atom. The topological polar surface area (TPSA) is 51.0 Å². The molecule has 100 valence electrons. The third kappa shape index (κ3) is 2.16. The Kier molecular flexibility index (Phi) is 3.10. The average molecular weight is 276 g/mol. The maximum absolute atomic E-state index is 12.3. The van der Waals surface area contributed by atoms with Gasteiger partial charge in [-0.1, -0.05) is 13.8 Å². The fraction of sp³-hybridized carbons (Fsp3) is 0.462. The molecule has 2 aromatic heterocycles. The summed E-state index contributed by atoms with van der Waals surface area (Å²) in [6.07, 6.45) is 0. The standard InChI is InChI=1S/C13H16N4OS/c1-9(2)12-15-14-11-7-16(4-5-17(11)12)13(18)10-3-6-19-8-10/h3,6,8-9H,4-5,7H2,1-2H3. The molecule has 0 atom stereocenters. The normalized spacial score (nSPS) is 14.8. The summed E-state index contributed by atoms with van der Waals surface area (Å²) in [5.41, 5.74) is 0.766. The summed E-state index contributed by atoms with van der Waals surface area (Å²) < 4.78 is 2.14. The highest BCUT2D eigenvalue weighted by Gasteiger charge is 2.25. The van der Waals surface area contributed by atoms with Crippen molar-refractivity contribution in [3.8, 4) is 0 Å². The number of amides is 1. The van der Waals surface area contributed by atoms with E-state index in [4.69, 9.17) is 0 Å². The number of thiophene rings is 1. The molecule has 0 saturated carbocycles. The Balaban J connectivity index is 1.81. The first-order valence-electron chi connectivity index (χ1n) is 6.40. The summed E-state index contributed by atoms with van der Waals surface area (Å²) >= 11 is 1.54. The molecule has 0 aromatic carbocycles. The quantitative estimate of drug-likeness (QED) is 0.844. The van der Waals surface area contributed by atoms with Crippen LogP contribution in [0.25, 0.3) is 0 Å². The molecule has 1 amide bonds. The van der Waals surface area contributed by atoms with Gasteiger partial charge in [-0.15, -0.1) is 10.2 Å². The lowest BCUT2D eigenvalue weighted by Gasteiger charge is -2.28. The summed E-state index contributed by atoms with van der Waals surface area (Å²) in [4.78, 5) is 14.1. The van der Waals surface area contributed by atoms with Crippen molar-refractivity contribution in [3.63, 3.8) is 0 Å². The number of hydrogen-bond donors (Lipinski definition) is 0. The second-order valence-electron chi connectivity index (χ2n) is 5.02. The fourth-order valence-corrected chi connectivity index (χ4v) is 2.98. The lowest BCUT2D eigenvalue weighted by Crippen LogP contribution is -2.38. The van der Waals surface area contributed by atoms with Crippen LogP contribution in [0.4, 0.5) is 0 Å². The van der Waals surface area contributed by atoms with Gasteiger partial charge in [0.15, 0.2) is 5.82 Å². The van der Waals surface area contributed by atoms with Gasteiger partial charge in [-0.05, 0) is 11.4 Å². The maximum atomic E-state index is 12.3. The van der Waals surface area contributed by atoms with Crippen LogP contribution in [0.5, 0.6) is 0 Å². The number of hydrogen-bond acceptors (Lipinski definition) is 4. The van der Waals surface area contributed by atoms with Crippen molar-refractivity contribution in [2.75, 3.05) is 6.54 Å². The SMILES string of the molecule is CC(C)c1nnc2n1CCN(C(=O)c1ccsc1)C2. The van der Waals surface area contributed by atoms with Gasteiger partial charge < -0.3 is 9.47 Å². The third-order valence-corrected chi connectivity index (χ3v) is 4.04. The highest BCUT2D eigenvalue weighted by molar-refractivity contribution is 7.08. The number of nitrogens with zero attached hydrogens (tertiary/aromatic N) is 4. The van der Waals surface area contributed by atoms with Crippen LogP contribution in [-0.2, 0) is 13.1 Å². The van der Waals surface area contributed by atoms with E-state index in [2.05, 4.69) is 28.6 Å². The molecule has 0 bridgehead atoms. The van der Waals surface area contributed by atoms with E-state index in [1.165, 1.54) is 0 Å². The number of carbonyl (C=O) groups excluding carboxylic acids is 1. The Morgan fingerprint density at radius 2 is 2.21 bits per heavy atom. The Hall–Kier alpha value is -1.69. The van der Waals surface area contributed by atoms with Gasteiger partial charge in [0, 0.05) is 24.4 Å². The van der Waals surface area contributed by atoms with Crippen LogP contribution in [0, 0.1) is 0 Å². The summed E-state index contributed by atoms with van der Waals surface area (Å²) in [7, 11) is 0. The van der Waals surface area contributed by atoms with Gasteiger partial charge in [-0.3, -0.25) is 4.79 Å². The molecule has 3 heterocycles. The molecule has 1 aliphatic heterocycles. The number of fused-ring (bicyclic) bond motifs is 1. The Bertz CT molecular complexity index is 588. The molecule has 0 unspecified atom stereocenters. The van der Waals surface area contributed by atoms with Gasteiger partial charge in [0.1, 0.15) is 5.82 Å². The minimum Gasteiger partial charge on any atom is -0.329 e. The second kappa shape index (κ2) is 4.77. The summed E-state index contributed by atoms with van der Waals surface area (Å²) in [6, 6.07) is 1.87. The summed E-state index contributed by atoms with van der Waals surface area (Å²) in [5.74, 6) is 2.35. The van der Waals surface area contributed by atoms with E-state index in [1.807, 2.05) is 21.7 Å². The van der Waals surface area contributed by atoms with Gasteiger partial charge in [0.05, 0.1) is 12.1 Å². The van der Waals surface area contributed by atoms with E-state index in [-0.39, 0.29) is 5.91 Å². The molecule has 0 aliphatic carbocycles.